The molecule has 1 fully saturated rings. The molecule has 0 bridgehead atoms. The minimum atomic E-state index is -0.244. The third-order valence-corrected chi connectivity index (χ3v) is 4.99. The Bertz CT molecular complexity index is 823. The molecule has 26 heavy (non-hydrogen) atoms. The van der Waals surface area contributed by atoms with E-state index < -0.39 is 0 Å². The second-order valence-electron chi connectivity index (χ2n) is 8.21. The predicted octanol–water partition coefficient (Wildman–Crippen LogP) is 2.58. The lowest BCUT2D eigenvalue weighted by Crippen LogP contribution is -2.35. The molecular weight excluding hydrogens is 330 g/mol. The maximum absolute atomic E-state index is 12.7. The van der Waals surface area contributed by atoms with Crippen molar-refractivity contribution in [2.24, 2.45) is 0 Å². The number of aryl methyl sites for hydroxylation is 1. The molecule has 1 aliphatic carbocycles. The van der Waals surface area contributed by atoms with E-state index in [0.29, 0.717) is 17.6 Å². The Labute approximate surface area is 153 Å². The zero-order valence-corrected chi connectivity index (χ0v) is 16.0. The molecule has 0 aromatic carbocycles. The SMILES string of the molecule is CC(C)(C)n1ncc2c(=O)n(CCC(=O)NC3CCCCCC3)cnc21. The standard InChI is InChI=1S/C19H29N5O2/c1-19(2,3)24-17-15(12-21-24)18(26)23(13-20-17)11-10-16(25)22-14-8-6-4-5-7-9-14/h12-14H,4-11H2,1-3H3,(H,22,25). The number of hydrogen-bond donors (Lipinski definition) is 1. The van der Waals surface area contributed by atoms with Gasteiger partial charge in [-0.05, 0) is 33.6 Å². The van der Waals surface area contributed by atoms with Gasteiger partial charge in [0.1, 0.15) is 5.39 Å². The highest BCUT2D eigenvalue weighted by atomic mass is 16.2. The van der Waals surface area contributed by atoms with Gasteiger partial charge < -0.3 is 5.32 Å². The number of amides is 1. The molecule has 2 aromatic rings. The van der Waals surface area contributed by atoms with Gasteiger partial charge in [0.15, 0.2) is 5.65 Å². The fourth-order valence-corrected chi connectivity index (χ4v) is 3.54. The monoisotopic (exact) mass is 359 g/mol. The summed E-state index contributed by atoms with van der Waals surface area (Å²) in [5.74, 6) is 0.00860. The topological polar surface area (TPSA) is 81.8 Å². The van der Waals surface area contributed by atoms with Crippen LogP contribution in [0, 0.1) is 0 Å². The summed E-state index contributed by atoms with van der Waals surface area (Å²) in [6.45, 7) is 6.39. The summed E-state index contributed by atoms with van der Waals surface area (Å²) in [6, 6.07) is 0.285. The van der Waals surface area contributed by atoms with Crippen LogP contribution in [-0.4, -0.2) is 31.3 Å². The maximum atomic E-state index is 12.7. The molecule has 0 unspecified atom stereocenters. The van der Waals surface area contributed by atoms with E-state index in [1.807, 2.05) is 20.8 Å². The van der Waals surface area contributed by atoms with Crippen molar-refractivity contribution < 1.29 is 4.79 Å². The highest BCUT2D eigenvalue weighted by Crippen LogP contribution is 2.18. The molecule has 1 amide bonds. The Balaban J connectivity index is 1.66. The average molecular weight is 359 g/mol. The highest BCUT2D eigenvalue weighted by Gasteiger charge is 2.20. The van der Waals surface area contributed by atoms with Crippen molar-refractivity contribution in [3.63, 3.8) is 0 Å². The van der Waals surface area contributed by atoms with E-state index in [0.717, 1.165) is 12.8 Å². The summed E-state index contributed by atoms with van der Waals surface area (Å²) < 4.78 is 3.26. The van der Waals surface area contributed by atoms with Crippen LogP contribution in [0.2, 0.25) is 0 Å². The Hall–Kier alpha value is -2.18. The lowest BCUT2D eigenvalue weighted by atomic mass is 10.1. The predicted molar refractivity (Wildman–Crippen MR) is 101 cm³/mol. The second-order valence-corrected chi connectivity index (χ2v) is 8.21. The number of nitrogens with zero attached hydrogens (tertiary/aromatic N) is 4. The number of hydrogen-bond acceptors (Lipinski definition) is 4. The molecule has 7 nitrogen and oxygen atoms in total. The number of rotatable bonds is 4. The molecule has 7 heteroatoms. The van der Waals surface area contributed by atoms with Gasteiger partial charge in [0.2, 0.25) is 5.91 Å². The Morgan fingerprint density at radius 1 is 1.23 bits per heavy atom. The van der Waals surface area contributed by atoms with Crippen molar-refractivity contribution >= 4 is 16.9 Å². The van der Waals surface area contributed by atoms with Gasteiger partial charge >= 0.3 is 0 Å². The zero-order chi connectivity index (χ0) is 18.7. The van der Waals surface area contributed by atoms with Crippen molar-refractivity contribution in [3.05, 3.63) is 22.9 Å². The Morgan fingerprint density at radius 2 is 1.92 bits per heavy atom. The van der Waals surface area contributed by atoms with E-state index in [4.69, 9.17) is 0 Å². The first-order valence-corrected chi connectivity index (χ1v) is 9.59. The van der Waals surface area contributed by atoms with E-state index in [2.05, 4.69) is 15.4 Å². The number of carbonyl (C=O) groups is 1. The lowest BCUT2D eigenvalue weighted by molar-refractivity contribution is -0.122. The van der Waals surface area contributed by atoms with Gasteiger partial charge in [0, 0.05) is 19.0 Å². The van der Waals surface area contributed by atoms with Gasteiger partial charge in [-0.25, -0.2) is 9.67 Å². The number of nitrogens with one attached hydrogen (secondary N) is 1. The molecule has 0 saturated heterocycles. The minimum Gasteiger partial charge on any atom is -0.353 e. The van der Waals surface area contributed by atoms with Gasteiger partial charge in [-0.1, -0.05) is 25.7 Å². The van der Waals surface area contributed by atoms with E-state index >= 15 is 0 Å². The Kier molecular flexibility index (Phi) is 5.44. The van der Waals surface area contributed by atoms with Crippen molar-refractivity contribution in [2.45, 2.75) is 83.8 Å². The van der Waals surface area contributed by atoms with E-state index in [-0.39, 0.29) is 29.5 Å². The van der Waals surface area contributed by atoms with Crippen LogP contribution in [0.4, 0.5) is 0 Å². The summed E-state index contributed by atoms with van der Waals surface area (Å²) in [7, 11) is 0. The minimum absolute atomic E-state index is 0.00860. The first kappa shape index (κ1) is 18.6. The van der Waals surface area contributed by atoms with Crippen LogP contribution in [-0.2, 0) is 16.9 Å². The van der Waals surface area contributed by atoms with Crippen LogP contribution >= 0.6 is 0 Å². The molecule has 1 N–H and O–H groups in total. The van der Waals surface area contributed by atoms with Crippen molar-refractivity contribution in [3.8, 4) is 0 Å². The largest absolute Gasteiger partial charge is 0.353 e. The fourth-order valence-electron chi connectivity index (χ4n) is 3.54. The van der Waals surface area contributed by atoms with Crippen LogP contribution < -0.4 is 10.9 Å². The molecule has 3 rings (SSSR count). The highest BCUT2D eigenvalue weighted by molar-refractivity contribution is 5.76. The van der Waals surface area contributed by atoms with E-state index in [1.54, 1.807) is 10.9 Å². The van der Waals surface area contributed by atoms with Crippen LogP contribution in [0.1, 0.15) is 65.7 Å². The average Bonchev–Trinajstić information content (AvgIpc) is 2.87. The van der Waals surface area contributed by atoms with Crippen molar-refractivity contribution in [1.82, 2.24) is 24.6 Å². The molecular formula is C19H29N5O2. The first-order valence-electron chi connectivity index (χ1n) is 9.59. The normalized spacial score (nSPS) is 16.6. The molecule has 1 saturated carbocycles. The molecule has 0 spiro atoms. The van der Waals surface area contributed by atoms with E-state index in [9.17, 15) is 9.59 Å². The molecule has 2 heterocycles. The van der Waals surface area contributed by atoms with Gasteiger partial charge in [-0.15, -0.1) is 0 Å². The zero-order valence-electron chi connectivity index (χ0n) is 16.0. The number of fused-ring (bicyclic) bond motifs is 1. The summed E-state index contributed by atoms with van der Waals surface area (Å²) in [4.78, 5) is 29.3. The van der Waals surface area contributed by atoms with Gasteiger partial charge in [0.25, 0.3) is 5.56 Å². The smallest absolute Gasteiger partial charge is 0.264 e. The van der Waals surface area contributed by atoms with Gasteiger partial charge in [-0.3, -0.25) is 14.2 Å². The van der Waals surface area contributed by atoms with Crippen LogP contribution in [0.15, 0.2) is 17.3 Å². The number of carbonyl (C=O) groups excluding carboxylic acids is 1. The van der Waals surface area contributed by atoms with Crippen LogP contribution in [0.3, 0.4) is 0 Å². The van der Waals surface area contributed by atoms with Gasteiger partial charge in [0.05, 0.1) is 18.1 Å². The number of aromatic nitrogens is 4. The third-order valence-electron chi connectivity index (χ3n) is 4.99. The first-order chi connectivity index (χ1) is 12.4. The summed E-state index contributed by atoms with van der Waals surface area (Å²) in [5, 5.41) is 7.92. The quantitative estimate of drug-likeness (QED) is 0.851. The molecule has 142 valence electrons. The van der Waals surface area contributed by atoms with E-state index in [1.165, 1.54) is 36.6 Å². The molecule has 0 radical (unpaired) electrons. The molecule has 0 aliphatic heterocycles. The molecule has 1 aliphatic rings. The molecule has 2 aromatic heterocycles. The second kappa shape index (κ2) is 7.60. The lowest BCUT2D eigenvalue weighted by Gasteiger charge is -2.19. The maximum Gasteiger partial charge on any atom is 0.264 e. The summed E-state index contributed by atoms with van der Waals surface area (Å²) in [6.07, 6.45) is 10.4. The summed E-state index contributed by atoms with van der Waals surface area (Å²) in [5.41, 5.74) is 0.195. The summed E-state index contributed by atoms with van der Waals surface area (Å²) >= 11 is 0. The Morgan fingerprint density at radius 3 is 2.58 bits per heavy atom. The van der Waals surface area contributed by atoms with Gasteiger partial charge in [-0.2, -0.15) is 5.10 Å². The van der Waals surface area contributed by atoms with Crippen LogP contribution in [0.25, 0.3) is 11.0 Å². The van der Waals surface area contributed by atoms with Crippen molar-refractivity contribution in [1.29, 1.82) is 0 Å². The fraction of sp³-hybridized carbons (Fsp3) is 0.684. The van der Waals surface area contributed by atoms with Crippen LogP contribution in [0.5, 0.6) is 0 Å². The third kappa shape index (κ3) is 4.14. The molecule has 0 atom stereocenters. The van der Waals surface area contributed by atoms with Crippen molar-refractivity contribution in [2.75, 3.05) is 0 Å².